The summed E-state index contributed by atoms with van der Waals surface area (Å²) in [6.07, 6.45) is 0.101. The van der Waals surface area contributed by atoms with Crippen molar-refractivity contribution >= 4 is 17.5 Å². The molecule has 4 rings (SSSR count). The molecule has 0 fully saturated rings. The van der Waals surface area contributed by atoms with E-state index in [-0.39, 0.29) is 18.1 Å². The molecule has 0 radical (unpaired) electrons. The second-order valence-electron chi connectivity index (χ2n) is 7.00. The Bertz CT molecular complexity index is 1080. The van der Waals surface area contributed by atoms with Gasteiger partial charge in [0, 0.05) is 17.5 Å². The maximum absolute atomic E-state index is 13.3. The fraction of sp³-hybridized carbons (Fsp3) is 0.227. The van der Waals surface area contributed by atoms with Gasteiger partial charge in [0.15, 0.2) is 5.78 Å². The van der Waals surface area contributed by atoms with Gasteiger partial charge in [-0.15, -0.1) is 0 Å². The number of amides is 1. The van der Waals surface area contributed by atoms with Gasteiger partial charge in [-0.3, -0.25) is 9.59 Å². The second kappa shape index (κ2) is 6.96. The van der Waals surface area contributed by atoms with Crippen molar-refractivity contribution in [2.45, 2.75) is 26.2 Å². The Balaban J connectivity index is 1.81. The number of benzene rings is 2. The lowest BCUT2D eigenvalue weighted by molar-refractivity contribution is -0.116. The number of nitrogens with one attached hydrogen (secondary N) is 1. The fourth-order valence-electron chi connectivity index (χ4n) is 3.70. The molecule has 0 saturated carbocycles. The van der Waals surface area contributed by atoms with E-state index in [2.05, 4.69) is 10.4 Å². The number of carbonyl (C=O) groups excluding carboxylic acids is 2. The maximum atomic E-state index is 13.3. The van der Waals surface area contributed by atoms with Gasteiger partial charge in [0.25, 0.3) is 0 Å². The highest BCUT2D eigenvalue weighted by Crippen LogP contribution is 2.38. The molecule has 0 saturated heterocycles. The van der Waals surface area contributed by atoms with Gasteiger partial charge in [0.2, 0.25) is 5.91 Å². The molecule has 1 amide bonds. The molecule has 3 aromatic rings. The molecule has 1 aromatic heterocycles. The van der Waals surface area contributed by atoms with E-state index in [0.29, 0.717) is 17.1 Å². The number of aryl methyl sites for hydroxylation is 2. The van der Waals surface area contributed by atoms with E-state index in [1.165, 1.54) is 0 Å². The van der Waals surface area contributed by atoms with Gasteiger partial charge >= 0.3 is 0 Å². The zero-order valence-corrected chi connectivity index (χ0v) is 16.0. The average molecular weight is 375 g/mol. The summed E-state index contributed by atoms with van der Waals surface area (Å²) in [4.78, 5) is 25.7. The third kappa shape index (κ3) is 3.07. The van der Waals surface area contributed by atoms with Crippen LogP contribution in [0.2, 0.25) is 0 Å². The van der Waals surface area contributed by atoms with Crippen molar-refractivity contribution in [1.29, 1.82) is 0 Å². The van der Waals surface area contributed by atoms with Crippen LogP contribution < -0.4 is 10.1 Å². The summed E-state index contributed by atoms with van der Waals surface area (Å²) in [6.45, 7) is 3.87. The zero-order chi connectivity index (χ0) is 19.8. The minimum atomic E-state index is -0.575. The molecule has 142 valence electrons. The van der Waals surface area contributed by atoms with Crippen molar-refractivity contribution in [3.05, 3.63) is 70.9 Å². The summed E-state index contributed by atoms with van der Waals surface area (Å²) >= 11 is 0. The number of methoxy groups -OCH3 is 1. The molecule has 1 aliphatic rings. The minimum Gasteiger partial charge on any atom is -0.497 e. The normalized spacial score (nSPS) is 15.7. The van der Waals surface area contributed by atoms with Gasteiger partial charge in [-0.05, 0) is 43.7 Å². The van der Waals surface area contributed by atoms with Crippen LogP contribution in [-0.4, -0.2) is 28.6 Å². The third-order valence-electron chi connectivity index (χ3n) is 5.02. The Hall–Kier alpha value is -3.41. The molecule has 28 heavy (non-hydrogen) atoms. The summed E-state index contributed by atoms with van der Waals surface area (Å²) in [5.41, 5.74) is 3.96. The van der Waals surface area contributed by atoms with E-state index in [4.69, 9.17) is 4.74 Å². The predicted molar refractivity (Wildman–Crippen MR) is 106 cm³/mol. The standard InChI is InChI=1S/C22H21N3O3/c1-13-6-4-8-16(10-13)25-22-20(14(2)24-25)18(12-19(26)23-22)21(27)15-7-5-9-17(11-15)28-3/h4-11,18H,12H2,1-3H3,(H,23,26). The van der Waals surface area contributed by atoms with Gasteiger partial charge in [-0.2, -0.15) is 5.10 Å². The lowest BCUT2D eigenvalue weighted by Crippen LogP contribution is -2.28. The summed E-state index contributed by atoms with van der Waals surface area (Å²) in [5.74, 6) is 0.304. The van der Waals surface area contributed by atoms with E-state index >= 15 is 0 Å². The van der Waals surface area contributed by atoms with Crippen LogP contribution in [-0.2, 0) is 4.79 Å². The van der Waals surface area contributed by atoms with Crippen LogP contribution in [0.25, 0.3) is 5.69 Å². The van der Waals surface area contributed by atoms with E-state index in [1.54, 1.807) is 36.1 Å². The van der Waals surface area contributed by atoms with Gasteiger partial charge in [0.05, 0.1) is 24.4 Å². The molecule has 2 aromatic carbocycles. The molecule has 0 aliphatic carbocycles. The molecule has 1 unspecified atom stereocenters. The number of hydrogen-bond donors (Lipinski definition) is 1. The zero-order valence-electron chi connectivity index (χ0n) is 16.0. The molecule has 1 aliphatic heterocycles. The molecule has 2 heterocycles. The SMILES string of the molecule is COc1cccc(C(=O)C2CC(=O)Nc3c2c(C)nn3-c2cccc(C)c2)c1. The van der Waals surface area contributed by atoms with Gasteiger partial charge < -0.3 is 10.1 Å². The first kappa shape index (κ1) is 18.0. The monoisotopic (exact) mass is 375 g/mol. The number of hydrogen-bond acceptors (Lipinski definition) is 4. The smallest absolute Gasteiger partial charge is 0.226 e. The Labute approximate surface area is 163 Å². The predicted octanol–water partition coefficient (Wildman–Crippen LogP) is 3.81. The lowest BCUT2D eigenvalue weighted by atomic mass is 9.85. The summed E-state index contributed by atoms with van der Waals surface area (Å²) < 4.78 is 6.94. The quantitative estimate of drug-likeness (QED) is 0.704. The Morgan fingerprint density at radius 2 is 1.96 bits per heavy atom. The van der Waals surface area contributed by atoms with Crippen molar-refractivity contribution in [2.24, 2.45) is 0 Å². The molecule has 1 N–H and O–H groups in total. The van der Waals surface area contributed by atoms with Crippen molar-refractivity contribution < 1.29 is 14.3 Å². The molecule has 0 bridgehead atoms. The summed E-state index contributed by atoms with van der Waals surface area (Å²) in [6, 6.07) is 14.9. The summed E-state index contributed by atoms with van der Waals surface area (Å²) in [5, 5.41) is 7.53. The van der Waals surface area contributed by atoms with Crippen LogP contribution >= 0.6 is 0 Å². The highest BCUT2D eigenvalue weighted by Gasteiger charge is 2.36. The van der Waals surface area contributed by atoms with Gasteiger partial charge in [-0.1, -0.05) is 24.3 Å². The van der Waals surface area contributed by atoms with Gasteiger partial charge in [-0.25, -0.2) is 4.68 Å². The molecular weight excluding hydrogens is 354 g/mol. The topological polar surface area (TPSA) is 73.2 Å². The summed E-state index contributed by atoms with van der Waals surface area (Å²) in [7, 11) is 1.56. The number of Topliss-reactive ketones (excluding diaryl/α,β-unsaturated/α-hetero) is 1. The van der Waals surface area contributed by atoms with Crippen molar-refractivity contribution in [3.63, 3.8) is 0 Å². The number of anilines is 1. The van der Waals surface area contributed by atoms with E-state index in [0.717, 1.165) is 22.5 Å². The van der Waals surface area contributed by atoms with Crippen LogP contribution in [0.4, 0.5) is 5.82 Å². The number of fused-ring (bicyclic) bond motifs is 1. The first-order chi connectivity index (χ1) is 13.5. The fourth-order valence-corrected chi connectivity index (χ4v) is 3.70. The second-order valence-corrected chi connectivity index (χ2v) is 7.00. The maximum Gasteiger partial charge on any atom is 0.226 e. The number of ether oxygens (including phenoxy) is 1. The number of carbonyl (C=O) groups is 2. The number of aromatic nitrogens is 2. The molecule has 6 heteroatoms. The van der Waals surface area contributed by atoms with Crippen LogP contribution in [0.15, 0.2) is 48.5 Å². The van der Waals surface area contributed by atoms with Crippen molar-refractivity contribution in [2.75, 3.05) is 12.4 Å². The van der Waals surface area contributed by atoms with Crippen LogP contribution in [0.5, 0.6) is 5.75 Å². The van der Waals surface area contributed by atoms with Gasteiger partial charge in [0.1, 0.15) is 11.6 Å². The lowest BCUT2D eigenvalue weighted by Gasteiger charge is -2.23. The molecule has 0 spiro atoms. The Morgan fingerprint density at radius 1 is 1.18 bits per heavy atom. The minimum absolute atomic E-state index is 0.101. The van der Waals surface area contributed by atoms with E-state index in [9.17, 15) is 9.59 Å². The molecule has 6 nitrogen and oxygen atoms in total. The Kier molecular flexibility index (Phi) is 4.47. The number of rotatable bonds is 4. The van der Waals surface area contributed by atoms with E-state index in [1.807, 2.05) is 38.1 Å². The Morgan fingerprint density at radius 3 is 2.71 bits per heavy atom. The van der Waals surface area contributed by atoms with Crippen molar-refractivity contribution in [1.82, 2.24) is 9.78 Å². The molecule has 1 atom stereocenters. The van der Waals surface area contributed by atoms with E-state index < -0.39 is 5.92 Å². The van der Waals surface area contributed by atoms with Crippen LogP contribution in [0.3, 0.4) is 0 Å². The number of nitrogens with zero attached hydrogens (tertiary/aromatic N) is 2. The average Bonchev–Trinajstić information content (AvgIpc) is 3.03. The molecular formula is C22H21N3O3. The third-order valence-corrected chi connectivity index (χ3v) is 5.02. The largest absolute Gasteiger partial charge is 0.497 e. The first-order valence-electron chi connectivity index (χ1n) is 9.12. The first-order valence-corrected chi connectivity index (χ1v) is 9.12. The number of ketones is 1. The van der Waals surface area contributed by atoms with Crippen LogP contribution in [0, 0.1) is 13.8 Å². The van der Waals surface area contributed by atoms with Crippen LogP contribution in [0.1, 0.15) is 39.5 Å². The highest BCUT2D eigenvalue weighted by molar-refractivity contribution is 6.08. The van der Waals surface area contributed by atoms with Crippen molar-refractivity contribution in [3.8, 4) is 11.4 Å². The highest BCUT2D eigenvalue weighted by atomic mass is 16.5.